The molecule has 6 heteroatoms. The highest BCUT2D eigenvalue weighted by molar-refractivity contribution is 5.87. The summed E-state index contributed by atoms with van der Waals surface area (Å²) in [7, 11) is 1.82. The fourth-order valence-corrected chi connectivity index (χ4v) is 1.68. The third kappa shape index (κ3) is 2.65. The summed E-state index contributed by atoms with van der Waals surface area (Å²) in [4.78, 5) is 22.4. The van der Waals surface area contributed by atoms with E-state index in [2.05, 4.69) is 5.10 Å². The minimum Gasteiger partial charge on any atom is -0.478 e. The molecule has 0 saturated carbocycles. The summed E-state index contributed by atoms with van der Waals surface area (Å²) in [5.41, 5.74) is 0.912. The molecular weight excluding hydrogens is 234 g/mol. The topological polar surface area (TPSA) is 77.1 Å². The molecule has 0 fully saturated rings. The number of carboxylic acid groups (broad SMARTS) is 1. The van der Waals surface area contributed by atoms with Crippen molar-refractivity contribution in [3.05, 3.63) is 52.2 Å². The second kappa shape index (κ2) is 4.87. The van der Waals surface area contributed by atoms with Crippen molar-refractivity contribution in [2.75, 3.05) is 0 Å². The number of pyridine rings is 1. The van der Waals surface area contributed by atoms with Crippen molar-refractivity contribution < 1.29 is 9.90 Å². The van der Waals surface area contributed by atoms with Crippen LogP contribution in [0.3, 0.4) is 0 Å². The molecule has 2 aromatic rings. The maximum Gasteiger partial charge on any atom is 0.337 e. The van der Waals surface area contributed by atoms with Gasteiger partial charge in [0.1, 0.15) is 0 Å². The molecule has 0 unspecified atom stereocenters. The maximum absolute atomic E-state index is 11.6. The predicted octanol–water partition coefficient (Wildman–Crippen LogP) is 0.523. The fourth-order valence-electron chi connectivity index (χ4n) is 1.68. The molecule has 0 spiro atoms. The van der Waals surface area contributed by atoms with E-state index in [0.29, 0.717) is 13.0 Å². The van der Waals surface area contributed by atoms with Gasteiger partial charge in [-0.3, -0.25) is 9.48 Å². The lowest BCUT2D eigenvalue weighted by molar-refractivity contribution is 0.0696. The normalized spacial score (nSPS) is 10.5. The number of nitrogens with zero attached hydrogens (tertiary/aromatic N) is 3. The van der Waals surface area contributed by atoms with E-state index in [-0.39, 0.29) is 11.1 Å². The lowest BCUT2D eigenvalue weighted by Crippen LogP contribution is -2.21. The van der Waals surface area contributed by atoms with Crippen molar-refractivity contribution in [2.45, 2.75) is 13.0 Å². The Balaban J connectivity index is 2.16. The average Bonchev–Trinajstić information content (AvgIpc) is 2.74. The van der Waals surface area contributed by atoms with Crippen molar-refractivity contribution in [2.24, 2.45) is 7.05 Å². The Morgan fingerprint density at radius 3 is 2.78 bits per heavy atom. The summed E-state index contributed by atoms with van der Waals surface area (Å²) in [6.45, 7) is 0.436. The maximum atomic E-state index is 11.6. The summed E-state index contributed by atoms with van der Waals surface area (Å²) in [5, 5.41) is 12.9. The second-order valence-electron chi connectivity index (χ2n) is 4.03. The van der Waals surface area contributed by atoms with Crippen LogP contribution in [0.2, 0.25) is 0 Å². The molecule has 1 N–H and O–H groups in total. The van der Waals surface area contributed by atoms with Gasteiger partial charge in [-0.05, 0) is 18.1 Å². The molecule has 0 aliphatic carbocycles. The zero-order chi connectivity index (χ0) is 13.1. The van der Waals surface area contributed by atoms with Gasteiger partial charge in [0.05, 0.1) is 11.8 Å². The van der Waals surface area contributed by atoms with Crippen LogP contribution in [0.1, 0.15) is 15.9 Å². The number of aromatic carboxylic acids is 1. The van der Waals surface area contributed by atoms with Crippen molar-refractivity contribution >= 4 is 5.97 Å². The number of aryl methyl sites for hydroxylation is 3. The highest BCUT2D eigenvalue weighted by Crippen LogP contribution is 2.01. The Morgan fingerprint density at radius 1 is 1.39 bits per heavy atom. The zero-order valence-corrected chi connectivity index (χ0v) is 9.91. The van der Waals surface area contributed by atoms with Crippen molar-refractivity contribution in [1.29, 1.82) is 0 Å². The Morgan fingerprint density at radius 2 is 2.17 bits per heavy atom. The lowest BCUT2D eigenvalue weighted by Gasteiger charge is -2.05. The molecule has 2 rings (SSSR count). The molecule has 0 saturated heterocycles. The predicted molar refractivity (Wildman–Crippen MR) is 64.6 cm³/mol. The molecule has 94 valence electrons. The van der Waals surface area contributed by atoms with Gasteiger partial charge in [-0.1, -0.05) is 0 Å². The summed E-state index contributed by atoms with van der Waals surface area (Å²) >= 11 is 0. The molecule has 0 amide bonds. The van der Waals surface area contributed by atoms with Gasteiger partial charge in [-0.15, -0.1) is 0 Å². The summed E-state index contributed by atoms with van der Waals surface area (Å²) in [6, 6.07) is 2.58. The van der Waals surface area contributed by atoms with E-state index in [0.717, 1.165) is 5.56 Å². The molecule has 0 aliphatic heterocycles. The number of rotatable bonds is 4. The van der Waals surface area contributed by atoms with E-state index in [4.69, 9.17) is 5.11 Å². The summed E-state index contributed by atoms with van der Waals surface area (Å²) in [6.07, 6.45) is 5.59. The number of hydrogen-bond acceptors (Lipinski definition) is 3. The van der Waals surface area contributed by atoms with Gasteiger partial charge >= 0.3 is 5.97 Å². The molecule has 0 aliphatic rings. The largest absolute Gasteiger partial charge is 0.478 e. The molecule has 0 aromatic carbocycles. The Kier molecular flexibility index (Phi) is 3.27. The minimum absolute atomic E-state index is 0.112. The number of carbonyl (C=O) groups is 1. The van der Waals surface area contributed by atoms with E-state index in [1.807, 2.05) is 13.2 Å². The SMILES string of the molecule is Cn1cc(CCn2cc(C(=O)O)ccc2=O)cn1. The molecule has 0 atom stereocenters. The van der Waals surface area contributed by atoms with Crippen LogP contribution in [0.25, 0.3) is 0 Å². The molecule has 0 bridgehead atoms. The first-order valence-corrected chi connectivity index (χ1v) is 5.47. The van der Waals surface area contributed by atoms with Crippen molar-refractivity contribution in [3.8, 4) is 0 Å². The van der Waals surface area contributed by atoms with E-state index < -0.39 is 5.97 Å². The minimum atomic E-state index is -1.04. The number of carboxylic acids is 1. The quantitative estimate of drug-likeness (QED) is 0.854. The molecular formula is C12H13N3O3. The van der Waals surface area contributed by atoms with Gasteiger partial charge in [-0.25, -0.2) is 4.79 Å². The number of aromatic nitrogens is 3. The van der Waals surface area contributed by atoms with Crippen LogP contribution < -0.4 is 5.56 Å². The van der Waals surface area contributed by atoms with Crippen LogP contribution in [0, 0.1) is 0 Å². The first-order chi connectivity index (χ1) is 8.56. The summed E-state index contributed by atoms with van der Waals surface area (Å²) < 4.78 is 3.09. The molecule has 0 radical (unpaired) electrons. The summed E-state index contributed by atoms with van der Waals surface area (Å²) in [5.74, 6) is -1.04. The van der Waals surface area contributed by atoms with Crippen LogP contribution in [0.5, 0.6) is 0 Å². The van der Waals surface area contributed by atoms with Crippen LogP contribution in [-0.2, 0) is 20.0 Å². The van der Waals surface area contributed by atoms with Gasteiger partial charge < -0.3 is 9.67 Å². The van der Waals surface area contributed by atoms with Gasteiger partial charge in [0.2, 0.25) is 0 Å². The smallest absolute Gasteiger partial charge is 0.337 e. The Labute approximate surface area is 103 Å². The highest BCUT2D eigenvalue weighted by Gasteiger charge is 2.05. The molecule has 18 heavy (non-hydrogen) atoms. The van der Waals surface area contributed by atoms with Gasteiger partial charge in [-0.2, -0.15) is 5.10 Å². The monoisotopic (exact) mass is 247 g/mol. The van der Waals surface area contributed by atoms with Crippen LogP contribution >= 0.6 is 0 Å². The van der Waals surface area contributed by atoms with Crippen LogP contribution in [0.15, 0.2) is 35.5 Å². The fraction of sp³-hybridized carbons (Fsp3) is 0.250. The van der Waals surface area contributed by atoms with E-state index in [9.17, 15) is 9.59 Å². The van der Waals surface area contributed by atoms with Crippen LogP contribution in [0.4, 0.5) is 0 Å². The van der Waals surface area contributed by atoms with Crippen molar-refractivity contribution in [1.82, 2.24) is 14.3 Å². The van der Waals surface area contributed by atoms with Gasteiger partial charge in [0, 0.05) is 32.1 Å². The Hall–Kier alpha value is -2.37. The Bertz CT molecular complexity index is 627. The second-order valence-corrected chi connectivity index (χ2v) is 4.03. The molecule has 2 aromatic heterocycles. The van der Waals surface area contributed by atoms with Gasteiger partial charge in [0.15, 0.2) is 0 Å². The lowest BCUT2D eigenvalue weighted by atomic mass is 10.2. The van der Waals surface area contributed by atoms with E-state index >= 15 is 0 Å². The standard InChI is InChI=1S/C12H13N3O3/c1-14-7-9(6-13-14)4-5-15-8-10(12(17)18)2-3-11(15)16/h2-3,6-8H,4-5H2,1H3,(H,17,18). The van der Waals surface area contributed by atoms with E-state index in [1.54, 1.807) is 10.9 Å². The zero-order valence-electron chi connectivity index (χ0n) is 9.91. The third-order valence-corrected chi connectivity index (χ3v) is 2.63. The third-order valence-electron chi connectivity index (χ3n) is 2.63. The number of hydrogen-bond donors (Lipinski definition) is 1. The van der Waals surface area contributed by atoms with Crippen molar-refractivity contribution in [3.63, 3.8) is 0 Å². The van der Waals surface area contributed by atoms with Crippen LogP contribution in [-0.4, -0.2) is 25.4 Å². The average molecular weight is 247 g/mol. The molecule has 6 nitrogen and oxygen atoms in total. The first kappa shape index (κ1) is 12.1. The first-order valence-electron chi connectivity index (χ1n) is 5.47. The van der Waals surface area contributed by atoms with Gasteiger partial charge in [0.25, 0.3) is 5.56 Å². The van der Waals surface area contributed by atoms with E-state index in [1.165, 1.54) is 22.9 Å². The molecule has 2 heterocycles. The highest BCUT2D eigenvalue weighted by atomic mass is 16.4.